The first-order chi connectivity index (χ1) is 12.8. The van der Waals surface area contributed by atoms with Crippen LogP contribution in [0, 0.1) is 0 Å². The van der Waals surface area contributed by atoms with E-state index >= 15 is 0 Å². The molecule has 0 radical (unpaired) electrons. The molecule has 1 amide bonds. The van der Waals surface area contributed by atoms with Gasteiger partial charge in [-0.2, -0.15) is 0 Å². The maximum atomic E-state index is 12.9. The Morgan fingerprint density at radius 1 is 1.25 bits per heavy atom. The van der Waals surface area contributed by atoms with Gasteiger partial charge < -0.3 is 14.1 Å². The van der Waals surface area contributed by atoms with E-state index in [0.717, 1.165) is 5.57 Å². The van der Waals surface area contributed by atoms with Crippen molar-refractivity contribution in [2.45, 2.75) is 57.6 Å². The first kappa shape index (κ1) is 22.9. The molecule has 2 rings (SSSR count). The Balaban J connectivity index is 2.29. The molecule has 1 unspecified atom stereocenters. The monoisotopic (exact) mass is 442 g/mol. The zero-order valence-electron chi connectivity index (χ0n) is 17.6. The van der Waals surface area contributed by atoms with Gasteiger partial charge in [-0.3, -0.25) is 14.5 Å². The number of rotatable bonds is 7. The van der Waals surface area contributed by atoms with Crippen LogP contribution in [0.25, 0.3) is 0 Å². The van der Waals surface area contributed by atoms with Gasteiger partial charge in [0.15, 0.2) is 0 Å². The van der Waals surface area contributed by atoms with Crippen LogP contribution in [-0.2, 0) is 23.5 Å². The molecule has 1 N–H and O–H groups in total. The first-order valence-corrected chi connectivity index (χ1v) is 17.2. The predicted molar refractivity (Wildman–Crippen MR) is 116 cm³/mol. The molecule has 2 atom stereocenters. The van der Waals surface area contributed by atoms with E-state index in [4.69, 9.17) is 9.16 Å². The van der Waals surface area contributed by atoms with Crippen molar-refractivity contribution in [1.29, 1.82) is 0 Å². The lowest BCUT2D eigenvalue weighted by atomic mass is 10.0. The largest absolute Gasteiger partial charge is 0.515 e. The molecule has 28 heavy (non-hydrogen) atoms. The molecule has 1 fully saturated rings. The highest BCUT2D eigenvalue weighted by molar-refractivity contribution is 8.00. The molecule has 0 aromatic heterocycles. The minimum absolute atomic E-state index is 0.0898. The van der Waals surface area contributed by atoms with Crippen LogP contribution in [0.1, 0.15) is 6.92 Å². The van der Waals surface area contributed by atoms with Crippen LogP contribution in [0.5, 0.6) is 0 Å². The highest BCUT2D eigenvalue weighted by Crippen LogP contribution is 2.41. The number of carbonyl (C=O) groups excluding carboxylic acids is 3. The third-order valence-corrected chi connectivity index (χ3v) is 7.16. The van der Waals surface area contributed by atoms with Crippen molar-refractivity contribution in [2.75, 3.05) is 12.4 Å². The van der Waals surface area contributed by atoms with Gasteiger partial charge >= 0.3 is 11.9 Å². The van der Waals surface area contributed by atoms with Crippen LogP contribution in [0.15, 0.2) is 23.4 Å². The van der Waals surface area contributed by atoms with Gasteiger partial charge in [0.25, 0.3) is 0 Å². The molecule has 2 aliphatic heterocycles. The van der Waals surface area contributed by atoms with Gasteiger partial charge in [-0.1, -0.05) is 25.7 Å². The molecule has 7 nitrogen and oxygen atoms in total. The number of fused-ring (bicyclic) bond motifs is 1. The number of nitrogens with one attached hydrogen (secondary N) is 1. The lowest BCUT2D eigenvalue weighted by Crippen LogP contribution is -2.73. The van der Waals surface area contributed by atoms with E-state index in [-0.39, 0.29) is 29.9 Å². The van der Waals surface area contributed by atoms with Crippen molar-refractivity contribution >= 4 is 46.2 Å². The summed E-state index contributed by atoms with van der Waals surface area (Å²) in [6, 6.07) is -0.266. The Morgan fingerprint density at radius 2 is 1.89 bits per heavy atom. The molecule has 0 saturated carbocycles. The predicted octanol–water partition coefficient (Wildman–Crippen LogP) is 2.45. The first-order valence-electron chi connectivity index (χ1n) is 9.29. The summed E-state index contributed by atoms with van der Waals surface area (Å²) in [4.78, 5) is 41.7. The van der Waals surface area contributed by atoms with Gasteiger partial charge in [-0.25, -0.2) is 4.79 Å². The molecule has 156 valence electrons. The summed E-state index contributed by atoms with van der Waals surface area (Å²) in [5, 5.41) is -0.103. The fourth-order valence-corrected chi connectivity index (χ4v) is 6.22. The van der Waals surface area contributed by atoms with Crippen molar-refractivity contribution in [3.8, 4) is 0 Å². The molecule has 0 aromatic rings. The van der Waals surface area contributed by atoms with E-state index in [0.29, 0.717) is 11.4 Å². The van der Waals surface area contributed by atoms with Gasteiger partial charge in [0.1, 0.15) is 32.0 Å². The summed E-state index contributed by atoms with van der Waals surface area (Å²) in [7, 11) is -3.77. The number of hydrogen-bond acceptors (Lipinski definition) is 7. The standard InChI is InChI=1S/C18H30N2O5SSi2/c1-12(21)24-10-8-9-13-11-26-17-14(19-27(2,3)4)16(22)20(17)15(13)18(23)25-28(5,6)7/h8-9,14,17,19H,10-11H2,1-7H3/t14?,17-/m0/s1. The highest BCUT2D eigenvalue weighted by Gasteiger charge is 2.54. The van der Waals surface area contributed by atoms with E-state index < -0.39 is 22.5 Å². The molecule has 1 saturated heterocycles. The second-order valence-corrected chi connectivity index (χ2v) is 19.2. The number of thioether (sulfide) groups is 1. The van der Waals surface area contributed by atoms with Crippen LogP contribution < -0.4 is 4.98 Å². The van der Waals surface area contributed by atoms with E-state index in [1.165, 1.54) is 6.92 Å². The molecule has 0 aromatic carbocycles. The number of amides is 1. The maximum Gasteiger partial charge on any atom is 0.342 e. The van der Waals surface area contributed by atoms with Crippen LogP contribution in [-0.4, -0.2) is 63.1 Å². The van der Waals surface area contributed by atoms with Crippen LogP contribution >= 0.6 is 11.8 Å². The zero-order valence-corrected chi connectivity index (χ0v) is 20.4. The van der Waals surface area contributed by atoms with Crippen LogP contribution in [0.4, 0.5) is 0 Å². The molecular weight excluding hydrogens is 412 g/mol. The van der Waals surface area contributed by atoms with E-state index in [2.05, 4.69) is 24.6 Å². The number of nitrogens with zero attached hydrogens (tertiary/aromatic N) is 1. The number of hydrogen-bond donors (Lipinski definition) is 1. The molecule has 0 bridgehead atoms. The average molecular weight is 443 g/mol. The number of ether oxygens (including phenoxy) is 1. The van der Waals surface area contributed by atoms with Crippen molar-refractivity contribution in [1.82, 2.24) is 9.88 Å². The maximum absolute atomic E-state index is 12.9. The van der Waals surface area contributed by atoms with Gasteiger partial charge in [-0.15, -0.1) is 11.8 Å². The fourth-order valence-electron chi connectivity index (χ4n) is 2.91. The lowest BCUT2D eigenvalue weighted by Gasteiger charge is -2.51. The van der Waals surface area contributed by atoms with Gasteiger partial charge in [0.2, 0.25) is 14.2 Å². The average Bonchev–Trinajstić information content (AvgIpc) is 2.53. The Bertz CT molecular complexity index is 724. The third kappa shape index (κ3) is 5.82. The molecule has 2 heterocycles. The number of β-lactam (4-membered cyclic amide) rings is 1. The topological polar surface area (TPSA) is 84.9 Å². The highest BCUT2D eigenvalue weighted by atomic mass is 32.2. The molecule has 0 aliphatic carbocycles. The minimum Gasteiger partial charge on any atom is -0.515 e. The summed E-state index contributed by atoms with van der Waals surface area (Å²) >= 11 is 1.63. The molecular formula is C18H30N2O5SSi2. The lowest BCUT2D eigenvalue weighted by molar-refractivity contribution is -0.147. The Morgan fingerprint density at radius 3 is 2.43 bits per heavy atom. The third-order valence-electron chi connectivity index (χ3n) is 3.88. The van der Waals surface area contributed by atoms with Crippen molar-refractivity contribution < 1.29 is 23.5 Å². The van der Waals surface area contributed by atoms with Crippen molar-refractivity contribution in [3.63, 3.8) is 0 Å². The van der Waals surface area contributed by atoms with Gasteiger partial charge in [-0.05, 0) is 31.3 Å². The normalized spacial score (nSPS) is 22.8. The molecule has 2 aliphatic rings. The van der Waals surface area contributed by atoms with Crippen molar-refractivity contribution in [2.24, 2.45) is 0 Å². The Hall–Kier alpha value is -1.37. The quantitative estimate of drug-likeness (QED) is 0.368. The molecule has 10 heteroatoms. The number of esters is 1. The minimum atomic E-state index is -2.12. The smallest absolute Gasteiger partial charge is 0.342 e. The fraction of sp³-hybridized carbons (Fsp3) is 0.611. The van der Waals surface area contributed by atoms with E-state index in [1.807, 2.05) is 19.6 Å². The Kier molecular flexibility index (Phi) is 7.00. The summed E-state index contributed by atoms with van der Waals surface area (Å²) in [5.41, 5.74) is 1.04. The second-order valence-electron chi connectivity index (χ2n) is 8.86. The summed E-state index contributed by atoms with van der Waals surface area (Å²) in [5.74, 6) is -0.317. The van der Waals surface area contributed by atoms with Crippen molar-refractivity contribution in [3.05, 3.63) is 23.4 Å². The summed E-state index contributed by atoms with van der Waals surface area (Å²) in [6.07, 6.45) is 3.43. The zero-order chi connectivity index (χ0) is 21.3. The van der Waals surface area contributed by atoms with Gasteiger partial charge in [0, 0.05) is 12.7 Å². The number of allylic oxidation sites excluding steroid dienone is 1. The summed E-state index contributed by atoms with van der Waals surface area (Å²) in [6.45, 7) is 13.7. The SMILES string of the molecule is CC(=O)OCC=CC1=C(C(=O)O[Si](C)(C)C)N2C(=O)C(N[Si](C)(C)C)[C@@H]2SC1. The van der Waals surface area contributed by atoms with Gasteiger partial charge in [0.05, 0.1) is 0 Å². The second kappa shape index (κ2) is 8.56. The molecule has 0 spiro atoms. The van der Waals surface area contributed by atoms with E-state index in [1.54, 1.807) is 28.8 Å². The summed E-state index contributed by atoms with van der Waals surface area (Å²) < 4.78 is 10.6. The van der Waals surface area contributed by atoms with E-state index in [9.17, 15) is 14.4 Å². The Labute approximate surface area is 173 Å². The van der Waals surface area contributed by atoms with Crippen LogP contribution in [0.3, 0.4) is 0 Å². The number of carbonyl (C=O) groups is 3. The van der Waals surface area contributed by atoms with Crippen LogP contribution in [0.2, 0.25) is 39.3 Å².